The second-order valence-corrected chi connectivity index (χ2v) is 7.54. The summed E-state index contributed by atoms with van der Waals surface area (Å²) in [6, 6.07) is 15.0. The molecule has 8 nitrogen and oxygen atoms in total. The van der Waals surface area contributed by atoms with Crippen molar-refractivity contribution in [3.05, 3.63) is 65.2 Å². The van der Waals surface area contributed by atoms with E-state index in [2.05, 4.69) is 32.2 Å². The summed E-state index contributed by atoms with van der Waals surface area (Å²) in [7, 11) is 0. The molecule has 3 aromatic rings. The number of thioether (sulfide) groups is 1. The summed E-state index contributed by atoms with van der Waals surface area (Å²) < 4.78 is 1.66. The molecule has 2 aromatic carbocycles. The van der Waals surface area contributed by atoms with E-state index in [0.717, 1.165) is 22.4 Å². The Morgan fingerprint density at radius 3 is 2.66 bits per heavy atom. The zero-order valence-electron chi connectivity index (χ0n) is 16.3. The minimum absolute atomic E-state index is 0.170. The van der Waals surface area contributed by atoms with Gasteiger partial charge in [0.05, 0.1) is 5.69 Å². The molecule has 0 aliphatic heterocycles. The van der Waals surface area contributed by atoms with Crippen LogP contribution < -0.4 is 10.6 Å². The predicted octanol–water partition coefficient (Wildman–Crippen LogP) is 2.79. The van der Waals surface area contributed by atoms with Crippen molar-refractivity contribution in [3.8, 4) is 5.69 Å². The monoisotopic (exact) mass is 410 g/mol. The van der Waals surface area contributed by atoms with E-state index in [1.165, 1.54) is 11.8 Å². The number of hydrogen-bond donors (Lipinski definition) is 2. The Balaban J connectivity index is 1.46. The number of carbonyl (C=O) groups is 2. The molecule has 2 N–H and O–H groups in total. The van der Waals surface area contributed by atoms with Gasteiger partial charge in [0.1, 0.15) is 0 Å². The van der Waals surface area contributed by atoms with E-state index >= 15 is 0 Å². The number of aryl methyl sites for hydroxylation is 2. The molecule has 0 spiro atoms. The van der Waals surface area contributed by atoms with Crippen molar-refractivity contribution >= 4 is 23.7 Å². The molecule has 0 fully saturated rings. The van der Waals surface area contributed by atoms with E-state index in [-0.39, 0.29) is 12.3 Å². The SMILES string of the molecule is Cc1ccc(-n2nnnc2SCCC(=O)NC(=O)NCc2ccccc2)c(C)c1. The topological polar surface area (TPSA) is 102 Å². The lowest BCUT2D eigenvalue weighted by atomic mass is 10.1. The minimum Gasteiger partial charge on any atom is -0.334 e. The van der Waals surface area contributed by atoms with E-state index in [9.17, 15) is 9.59 Å². The Hall–Kier alpha value is -3.20. The van der Waals surface area contributed by atoms with Gasteiger partial charge in [-0.25, -0.2) is 4.79 Å². The largest absolute Gasteiger partial charge is 0.334 e. The molecule has 0 unspecified atom stereocenters. The molecule has 0 aliphatic rings. The summed E-state index contributed by atoms with van der Waals surface area (Å²) in [5, 5.41) is 17.4. The summed E-state index contributed by atoms with van der Waals surface area (Å²) in [5.74, 6) is 0.0944. The molecule has 29 heavy (non-hydrogen) atoms. The molecular formula is C20H22N6O2S. The second-order valence-electron chi connectivity index (χ2n) is 6.48. The molecule has 0 saturated heterocycles. The van der Waals surface area contributed by atoms with Gasteiger partial charge in [-0.2, -0.15) is 4.68 Å². The number of hydrogen-bond acceptors (Lipinski definition) is 6. The maximum atomic E-state index is 12.0. The first-order valence-corrected chi connectivity index (χ1v) is 10.1. The summed E-state index contributed by atoms with van der Waals surface area (Å²) in [6.45, 7) is 4.39. The summed E-state index contributed by atoms with van der Waals surface area (Å²) in [5.41, 5.74) is 4.08. The van der Waals surface area contributed by atoms with E-state index in [1.54, 1.807) is 4.68 Å². The Labute approximate surface area is 173 Å². The number of nitrogens with one attached hydrogen (secondary N) is 2. The molecule has 0 saturated carbocycles. The van der Waals surface area contributed by atoms with Crippen LogP contribution in [0.25, 0.3) is 5.69 Å². The van der Waals surface area contributed by atoms with Crippen LogP contribution in [0.5, 0.6) is 0 Å². The molecule has 1 aromatic heterocycles. The molecule has 1 heterocycles. The third-order valence-electron chi connectivity index (χ3n) is 4.13. The van der Waals surface area contributed by atoms with Gasteiger partial charge in [-0.15, -0.1) is 5.10 Å². The van der Waals surface area contributed by atoms with Crippen LogP contribution in [0.2, 0.25) is 0 Å². The Morgan fingerprint density at radius 1 is 1.10 bits per heavy atom. The maximum absolute atomic E-state index is 12.0. The number of tetrazole rings is 1. The van der Waals surface area contributed by atoms with Gasteiger partial charge in [0.2, 0.25) is 11.1 Å². The number of carbonyl (C=O) groups excluding carboxylic acids is 2. The van der Waals surface area contributed by atoms with Crippen LogP contribution in [-0.4, -0.2) is 37.9 Å². The van der Waals surface area contributed by atoms with Gasteiger partial charge in [0.15, 0.2) is 0 Å². The Bertz CT molecular complexity index is 990. The number of rotatable bonds is 7. The zero-order valence-corrected chi connectivity index (χ0v) is 17.1. The predicted molar refractivity (Wildman–Crippen MR) is 111 cm³/mol. The quantitative estimate of drug-likeness (QED) is 0.581. The normalized spacial score (nSPS) is 10.6. The van der Waals surface area contributed by atoms with E-state index < -0.39 is 6.03 Å². The first kappa shape index (κ1) is 20.5. The van der Waals surface area contributed by atoms with Gasteiger partial charge in [-0.3, -0.25) is 10.1 Å². The van der Waals surface area contributed by atoms with Crippen LogP contribution in [0.3, 0.4) is 0 Å². The van der Waals surface area contributed by atoms with Crippen LogP contribution in [0.15, 0.2) is 53.7 Å². The minimum atomic E-state index is -0.510. The molecule has 0 aliphatic carbocycles. The number of benzene rings is 2. The van der Waals surface area contributed by atoms with Crippen LogP contribution in [0.4, 0.5) is 4.79 Å². The molecule has 3 amide bonds. The summed E-state index contributed by atoms with van der Waals surface area (Å²) in [4.78, 5) is 23.8. The number of aromatic nitrogens is 4. The highest BCUT2D eigenvalue weighted by atomic mass is 32.2. The van der Waals surface area contributed by atoms with Crippen molar-refractivity contribution in [2.45, 2.75) is 32.0 Å². The van der Waals surface area contributed by atoms with Gasteiger partial charge >= 0.3 is 6.03 Å². The number of amides is 3. The fraction of sp³-hybridized carbons (Fsp3) is 0.250. The lowest BCUT2D eigenvalue weighted by Gasteiger charge is -2.08. The van der Waals surface area contributed by atoms with E-state index in [0.29, 0.717) is 17.5 Å². The van der Waals surface area contributed by atoms with E-state index in [4.69, 9.17) is 0 Å². The third-order valence-corrected chi connectivity index (χ3v) is 5.05. The van der Waals surface area contributed by atoms with Crippen molar-refractivity contribution < 1.29 is 9.59 Å². The van der Waals surface area contributed by atoms with Crippen molar-refractivity contribution in [1.82, 2.24) is 30.8 Å². The average Bonchev–Trinajstić information content (AvgIpc) is 3.15. The van der Waals surface area contributed by atoms with Crippen LogP contribution in [-0.2, 0) is 11.3 Å². The van der Waals surface area contributed by atoms with Gasteiger partial charge in [0.25, 0.3) is 0 Å². The number of urea groups is 1. The summed E-state index contributed by atoms with van der Waals surface area (Å²) >= 11 is 1.36. The lowest BCUT2D eigenvalue weighted by Crippen LogP contribution is -2.39. The standard InChI is InChI=1S/C20H22N6O2S/c1-14-8-9-17(15(2)12-14)26-20(23-24-25-26)29-11-10-18(27)22-19(28)21-13-16-6-4-3-5-7-16/h3-9,12H,10-11,13H2,1-2H3,(H2,21,22,27,28). The highest BCUT2D eigenvalue weighted by Gasteiger charge is 2.13. The fourth-order valence-corrected chi connectivity index (χ4v) is 3.53. The zero-order chi connectivity index (χ0) is 20.6. The van der Waals surface area contributed by atoms with Crippen LogP contribution in [0, 0.1) is 13.8 Å². The molecule has 3 rings (SSSR count). The highest BCUT2D eigenvalue weighted by molar-refractivity contribution is 7.99. The first-order chi connectivity index (χ1) is 14.0. The van der Waals surface area contributed by atoms with Gasteiger partial charge in [-0.1, -0.05) is 59.8 Å². The van der Waals surface area contributed by atoms with Gasteiger partial charge in [0, 0.05) is 18.7 Å². The fourth-order valence-electron chi connectivity index (χ4n) is 2.71. The Kier molecular flexibility index (Phi) is 6.96. The third kappa shape index (κ3) is 5.89. The van der Waals surface area contributed by atoms with Crippen molar-refractivity contribution in [1.29, 1.82) is 0 Å². The molecule has 0 atom stereocenters. The molecule has 0 bridgehead atoms. The summed E-state index contributed by atoms with van der Waals surface area (Å²) in [6.07, 6.45) is 0.170. The molecule has 9 heteroatoms. The molecular weight excluding hydrogens is 388 g/mol. The maximum Gasteiger partial charge on any atom is 0.321 e. The smallest absolute Gasteiger partial charge is 0.321 e. The van der Waals surface area contributed by atoms with Crippen LogP contribution >= 0.6 is 11.8 Å². The highest BCUT2D eigenvalue weighted by Crippen LogP contribution is 2.21. The van der Waals surface area contributed by atoms with Gasteiger partial charge in [-0.05, 0) is 41.5 Å². The molecule has 150 valence electrons. The van der Waals surface area contributed by atoms with Gasteiger partial charge < -0.3 is 5.32 Å². The number of nitrogens with zero attached hydrogens (tertiary/aromatic N) is 4. The van der Waals surface area contributed by atoms with E-state index in [1.807, 2.05) is 56.3 Å². The average molecular weight is 411 g/mol. The number of imide groups is 1. The first-order valence-electron chi connectivity index (χ1n) is 9.13. The van der Waals surface area contributed by atoms with Crippen molar-refractivity contribution in [2.75, 3.05) is 5.75 Å². The van der Waals surface area contributed by atoms with Crippen LogP contribution in [0.1, 0.15) is 23.1 Å². The molecule has 0 radical (unpaired) electrons. The van der Waals surface area contributed by atoms with Crippen molar-refractivity contribution in [3.63, 3.8) is 0 Å². The van der Waals surface area contributed by atoms with Crippen molar-refractivity contribution in [2.24, 2.45) is 0 Å². The second kappa shape index (κ2) is 9.83. The lowest BCUT2D eigenvalue weighted by molar-refractivity contribution is -0.119. The Morgan fingerprint density at radius 2 is 1.90 bits per heavy atom.